The van der Waals surface area contributed by atoms with Crippen molar-refractivity contribution in [2.24, 2.45) is 0 Å². The topological polar surface area (TPSA) is 138 Å². The first-order chi connectivity index (χ1) is 18.3. The van der Waals surface area contributed by atoms with E-state index in [0.717, 1.165) is 0 Å². The molecule has 0 aliphatic carbocycles. The second-order valence-corrected chi connectivity index (χ2v) is 9.91. The fourth-order valence-corrected chi connectivity index (χ4v) is 4.73. The van der Waals surface area contributed by atoms with Crippen LogP contribution in [0.2, 0.25) is 15.1 Å². The first-order valence-corrected chi connectivity index (χ1v) is 12.9. The number of rotatable bonds is 8. The summed E-state index contributed by atoms with van der Waals surface area (Å²) in [5.74, 6) is 0.438. The first-order valence-electron chi connectivity index (χ1n) is 10.8. The zero-order valence-corrected chi connectivity index (χ0v) is 22.4. The molecule has 1 N–H and O–H groups in total. The standard InChI is InChI=1S/C23H15Cl3N8O3S/c1-12-20(21(19(9-27-12)34(35)36)28-13-5-3-2-4-6-13)22-30-31-23(37-22)38-11-14-10-33(32-29-14)18-8-16(25)15(24)7-17(18)26/h2-10H,11H2,1H3,(H,27,28). The molecule has 0 fully saturated rings. The number of hydrogen-bond acceptors (Lipinski definition) is 10. The molecule has 0 saturated carbocycles. The lowest BCUT2D eigenvalue weighted by molar-refractivity contribution is -0.384. The molecular formula is C23H15Cl3N8O3S. The van der Waals surface area contributed by atoms with E-state index in [9.17, 15) is 10.1 Å². The van der Waals surface area contributed by atoms with Gasteiger partial charge in [0.05, 0.1) is 48.8 Å². The Morgan fingerprint density at radius 2 is 1.84 bits per heavy atom. The van der Waals surface area contributed by atoms with Gasteiger partial charge >= 0.3 is 5.69 Å². The van der Waals surface area contributed by atoms with Crippen molar-refractivity contribution < 1.29 is 9.34 Å². The van der Waals surface area contributed by atoms with Crippen LogP contribution in [0.25, 0.3) is 17.1 Å². The Bertz CT molecular complexity index is 1640. The molecule has 0 radical (unpaired) electrons. The van der Waals surface area contributed by atoms with Gasteiger partial charge in [-0.3, -0.25) is 15.1 Å². The number of nitro groups is 1. The number of halogens is 3. The SMILES string of the molecule is Cc1ncc([N+](=O)[O-])c(Nc2ccccc2)c1-c1nnc(SCc2cn(-c3cc(Cl)c(Cl)cc3Cl)nn2)o1. The minimum atomic E-state index is -0.517. The van der Waals surface area contributed by atoms with Crippen LogP contribution in [-0.2, 0) is 5.75 Å². The van der Waals surface area contributed by atoms with Gasteiger partial charge in [0.15, 0.2) is 0 Å². The quantitative estimate of drug-likeness (QED) is 0.0877. The van der Waals surface area contributed by atoms with Crippen molar-refractivity contribution in [3.63, 3.8) is 0 Å². The summed E-state index contributed by atoms with van der Waals surface area (Å²) in [5.41, 5.74) is 2.59. The average Bonchev–Trinajstić information content (AvgIpc) is 3.55. The molecule has 15 heteroatoms. The molecule has 2 aromatic carbocycles. The van der Waals surface area contributed by atoms with Crippen LogP contribution in [0.1, 0.15) is 11.4 Å². The van der Waals surface area contributed by atoms with Gasteiger partial charge in [-0.1, -0.05) is 70.0 Å². The number of anilines is 2. The minimum absolute atomic E-state index is 0.0888. The second kappa shape index (κ2) is 11.0. The van der Waals surface area contributed by atoms with Crippen LogP contribution in [0.4, 0.5) is 17.1 Å². The van der Waals surface area contributed by atoms with Gasteiger partial charge in [0.2, 0.25) is 0 Å². The third-order valence-corrected chi connectivity index (χ3v) is 7.11. The summed E-state index contributed by atoms with van der Waals surface area (Å²) in [6.07, 6.45) is 2.88. The van der Waals surface area contributed by atoms with Crippen LogP contribution in [0.3, 0.4) is 0 Å². The smallest absolute Gasteiger partial charge is 0.311 e. The highest BCUT2D eigenvalue weighted by atomic mass is 35.5. The largest absolute Gasteiger partial charge is 0.411 e. The van der Waals surface area contributed by atoms with Crippen LogP contribution in [-0.4, -0.2) is 35.1 Å². The van der Waals surface area contributed by atoms with E-state index in [1.807, 2.05) is 18.2 Å². The van der Waals surface area contributed by atoms with Crippen molar-refractivity contribution in [1.82, 2.24) is 30.2 Å². The fourth-order valence-electron chi connectivity index (χ4n) is 3.46. The fraction of sp³-hybridized carbons (Fsp3) is 0.0870. The third kappa shape index (κ3) is 5.43. The van der Waals surface area contributed by atoms with Crippen molar-refractivity contribution in [3.05, 3.63) is 91.4 Å². The second-order valence-electron chi connectivity index (χ2n) is 7.76. The van der Waals surface area contributed by atoms with Gasteiger partial charge in [-0.2, -0.15) is 0 Å². The summed E-state index contributed by atoms with van der Waals surface area (Å²) >= 11 is 19.6. The van der Waals surface area contributed by atoms with Crippen LogP contribution >= 0.6 is 46.6 Å². The van der Waals surface area contributed by atoms with E-state index in [-0.39, 0.29) is 22.5 Å². The van der Waals surface area contributed by atoms with E-state index in [0.29, 0.717) is 49.1 Å². The van der Waals surface area contributed by atoms with E-state index < -0.39 is 4.92 Å². The molecule has 11 nitrogen and oxygen atoms in total. The summed E-state index contributed by atoms with van der Waals surface area (Å²) in [4.78, 5) is 15.4. The van der Waals surface area contributed by atoms with Crippen molar-refractivity contribution in [2.45, 2.75) is 17.9 Å². The predicted octanol–water partition coefficient (Wildman–Crippen LogP) is 6.93. The summed E-state index contributed by atoms with van der Waals surface area (Å²) in [6.45, 7) is 1.71. The summed E-state index contributed by atoms with van der Waals surface area (Å²) in [7, 11) is 0. The maximum atomic E-state index is 11.7. The molecule has 3 aromatic heterocycles. The molecule has 5 aromatic rings. The van der Waals surface area contributed by atoms with E-state index in [2.05, 4.69) is 30.8 Å². The summed E-state index contributed by atoms with van der Waals surface area (Å²) in [6, 6.07) is 12.2. The van der Waals surface area contributed by atoms with Crippen LogP contribution in [0.15, 0.2) is 64.5 Å². The Kier molecular flexibility index (Phi) is 7.47. The number of benzene rings is 2. The zero-order chi connectivity index (χ0) is 26.8. The van der Waals surface area contributed by atoms with Gasteiger partial charge in [-0.15, -0.1) is 15.3 Å². The Morgan fingerprint density at radius 3 is 2.61 bits per heavy atom. The Labute approximate surface area is 234 Å². The lowest BCUT2D eigenvalue weighted by Gasteiger charge is -2.12. The van der Waals surface area contributed by atoms with Gasteiger partial charge in [0.25, 0.3) is 11.1 Å². The zero-order valence-electron chi connectivity index (χ0n) is 19.3. The molecule has 5 rings (SSSR count). The predicted molar refractivity (Wildman–Crippen MR) is 145 cm³/mol. The van der Waals surface area contributed by atoms with Gasteiger partial charge in [-0.05, 0) is 31.2 Å². The van der Waals surface area contributed by atoms with E-state index in [4.69, 9.17) is 39.2 Å². The molecular weight excluding hydrogens is 575 g/mol. The van der Waals surface area contributed by atoms with Crippen LogP contribution in [0.5, 0.6) is 0 Å². The molecule has 192 valence electrons. The number of aryl methyl sites for hydroxylation is 1. The maximum Gasteiger partial charge on any atom is 0.311 e. The van der Waals surface area contributed by atoms with Gasteiger partial charge in [0, 0.05) is 11.4 Å². The number of nitrogens with one attached hydrogen (secondary N) is 1. The van der Waals surface area contributed by atoms with E-state index in [1.54, 1.807) is 31.3 Å². The molecule has 0 atom stereocenters. The van der Waals surface area contributed by atoms with Crippen LogP contribution < -0.4 is 5.32 Å². The molecule has 38 heavy (non-hydrogen) atoms. The van der Waals surface area contributed by atoms with Crippen molar-refractivity contribution in [3.8, 4) is 17.1 Å². The molecule has 0 amide bonds. The third-order valence-electron chi connectivity index (χ3n) is 5.23. The van der Waals surface area contributed by atoms with Gasteiger partial charge in [0.1, 0.15) is 11.9 Å². The molecule has 0 aliphatic rings. The highest BCUT2D eigenvalue weighted by Gasteiger charge is 2.26. The Morgan fingerprint density at radius 1 is 1.08 bits per heavy atom. The number of hydrogen-bond donors (Lipinski definition) is 1. The van der Waals surface area contributed by atoms with Crippen molar-refractivity contribution >= 4 is 63.6 Å². The minimum Gasteiger partial charge on any atom is -0.411 e. The highest BCUT2D eigenvalue weighted by molar-refractivity contribution is 7.98. The molecule has 0 unspecified atom stereocenters. The monoisotopic (exact) mass is 588 g/mol. The number of nitrogens with zero attached hydrogens (tertiary/aromatic N) is 7. The van der Waals surface area contributed by atoms with Crippen molar-refractivity contribution in [2.75, 3.05) is 5.32 Å². The Balaban J connectivity index is 1.38. The maximum absolute atomic E-state index is 11.7. The van der Waals surface area contributed by atoms with Crippen LogP contribution in [0, 0.1) is 17.0 Å². The summed E-state index contributed by atoms with van der Waals surface area (Å²) < 4.78 is 7.34. The molecule has 0 aliphatic heterocycles. The molecule has 0 bridgehead atoms. The molecule has 0 saturated heterocycles. The number of pyridine rings is 1. The lowest BCUT2D eigenvalue weighted by Crippen LogP contribution is -2.03. The normalized spacial score (nSPS) is 11.1. The van der Waals surface area contributed by atoms with Gasteiger partial charge < -0.3 is 9.73 Å². The average molecular weight is 590 g/mol. The summed E-state index contributed by atoms with van der Waals surface area (Å²) in [5, 5.41) is 32.6. The highest BCUT2D eigenvalue weighted by Crippen LogP contribution is 2.39. The first kappa shape index (κ1) is 25.9. The van der Waals surface area contributed by atoms with E-state index in [1.165, 1.54) is 28.7 Å². The molecule has 3 heterocycles. The Hall–Kier alpha value is -3.71. The number of thioether (sulfide) groups is 1. The van der Waals surface area contributed by atoms with E-state index >= 15 is 0 Å². The van der Waals surface area contributed by atoms with Crippen molar-refractivity contribution in [1.29, 1.82) is 0 Å². The number of para-hydroxylation sites is 1. The number of aromatic nitrogens is 6. The van der Waals surface area contributed by atoms with Gasteiger partial charge in [-0.25, -0.2) is 4.68 Å². The lowest BCUT2D eigenvalue weighted by atomic mass is 10.1. The molecule has 0 spiro atoms.